The lowest BCUT2D eigenvalue weighted by Gasteiger charge is -2.24. The van der Waals surface area contributed by atoms with Gasteiger partial charge in [0.15, 0.2) is 0 Å². The lowest BCUT2D eigenvalue weighted by molar-refractivity contribution is 0.115. The predicted octanol–water partition coefficient (Wildman–Crippen LogP) is 1.15. The normalized spacial score (nSPS) is 20.0. The SMILES string of the molecule is CCOC1=CC(=C=O)C(OCC)C(P(=O)(O)O)=C1. The second-order valence-corrected chi connectivity index (χ2v) is 5.09. The molecule has 0 aliphatic heterocycles. The molecule has 0 spiro atoms. The molecular weight excluding hydrogens is 259 g/mol. The van der Waals surface area contributed by atoms with Gasteiger partial charge in [-0.05, 0) is 26.0 Å². The predicted molar refractivity (Wildman–Crippen MR) is 64.5 cm³/mol. The van der Waals surface area contributed by atoms with Crippen molar-refractivity contribution in [2.45, 2.75) is 20.0 Å². The summed E-state index contributed by atoms with van der Waals surface area (Å²) in [6.45, 7) is 3.93. The van der Waals surface area contributed by atoms with Crippen molar-refractivity contribution in [1.82, 2.24) is 0 Å². The van der Waals surface area contributed by atoms with Gasteiger partial charge in [0.05, 0.1) is 17.5 Å². The van der Waals surface area contributed by atoms with E-state index in [1.165, 1.54) is 12.2 Å². The summed E-state index contributed by atoms with van der Waals surface area (Å²) in [7, 11) is -4.52. The van der Waals surface area contributed by atoms with Crippen LogP contribution >= 0.6 is 7.60 Å². The summed E-state index contributed by atoms with van der Waals surface area (Å²) in [5.74, 6) is 1.84. The van der Waals surface area contributed by atoms with Crippen molar-refractivity contribution in [2.75, 3.05) is 13.2 Å². The van der Waals surface area contributed by atoms with Gasteiger partial charge >= 0.3 is 7.60 Å². The minimum Gasteiger partial charge on any atom is -0.494 e. The van der Waals surface area contributed by atoms with E-state index in [1.807, 2.05) is 0 Å². The molecule has 6 nitrogen and oxygen atoms in total. The standard InChI is InChI=1S/C11H15O6P/c1-3-16-9-5-8(7-12)11(17-4-2)10(6-9)18(13,14)15/h5-6,11H,3-4H2,1-2H3,(H2,13,14,15). The van der Waals surface area contributed by atoms with Crippen LogP contribution in [0.5, 0.6) is 0 Å². The Morgan fingerprint density at radius 3 is 2.44 bits per heavy atom. The maximum Gasteiger partial charge on any atom is 0.355 e. The van der Waals surface area contributed by atoms with Crippen molar-refractivity contribution in [3.05, 3.63) is 28.8 Å². The number of hydrogen-bond acceptors (Lipinski definition) is 4. The molecule has 0 saturated heterocycles. The molecule has 1 rings (SSSR count). The van der Waals surface area contributed by atoms with Crippen LogP contribution < -0.4 is 0 Å². The number of carbonyl (C=O) groups excluding carboxylic acids is 1. The van der Waals surface area contributed by atoms with Crippen LogP contribution in [0.2, 0.25) is 0 Å². The van der Waals surface area contributed by atoms with Crippen LogP contribution in [0.25, 0.3) is 0 Å². The summed E-state index contributed by atoms with van der Waals surface area (Å²) in [4.78, 5) is 29.4. The van der Waals surface area contributed by atoms with E-state index in [0.717, 1.165) is 0 Å². The summed E-state index contributed by atoms with van der Waals surface area (Å²) < 4.78 is 21.7. The molecule has 1 aliphatic carbocycles. The fraction of sp³-hybridized carbons (Fsp3) is 0.455. The van der Waals surface area contributed by atoms with E-state index in [2.05, 4.69) is 0 Å². The van der Waals surface area contributed by atoms with E-state index in [1.54, 1.807) is 19.8 Å². The third-order valence-corrected chi connectivity index (χ3v) is 3.27. The summed E-state index contributed by atoms with van der Waals surface area (Å²) in [5, 5.41) is -0.284. The Kier molecular flexibility index (Phi) is 5.08. The maximum absolute atomic E-state index is 11.4. The Morgan fingerprint density at radius 2 is 2.00 bits per heavy atom. The first-order valence-corrected chi connectivity index (χ1v) is 7.04. The monoisotopic (exact) mass is 274 g/mol. The molecule has 0 fully saturated rings. The Labute approximate surface area is 105 Å². The van der Waals surface area contributed by atoms with Crippen molar-refractivity contribution >= 4 is 13.5 Å². The molecule has 1 aliphatic rings. The second kappa shape index (κ2) is 6.14. The number of hydrogen-bond donors (Lipinski definition) is 2. The van der Waals surface area contributed by atoms with Gasteiger partial charge in [-0.2, -0.15) is 0 Å². The molecule has 0 aromatic carbocycles. The smallest absolute Gasteiger partial charge is 0.355 e. The lowest BCUT2D eigenvalue weighted by Crippen LogP contribution is -2.22. The van der Waals surface area contributed by atoms with E-state index in [9.17, 15) is 19.1 Å². The van der Waals surface area contributed by atoms with E-state index in [-0.39, 0.29) is 23.3 Å². The van der Waals surface area contributed by atoms with Gasteiger partial charge in [0.1, 0.15) is 17.8 Å². The van der Waals surface area contributed by atoms with Crippen LogP contribution in [0.4, 0.5) is 0 Å². The summed E-state index contributed by atoms with van der Waals surface area (Å²) >= 11 is 0. The van der Waals surface area contributed by atoms with Gasteiger partial charge in [-0.1, -0.05) is 0 Å². The average molecular weight is 274 g/mol. The van der Waals surface area contributed by atoms with Crippen LogP contribution in [0.15, 0.2) is 28.8 Å². The van der Waals surface area contributed by atoms with Gasteiger partial charge in [0.2, 0.25) is 0 Å². The Balaban J connectivity index is 3.25. The quantitative estimate of drug-likeness (QED) is 0.577. The van der Waals surface area contributed by atoms with Crippen LogP contribution in [0, 0.1) is 0 Å². The lowest BCUT2D eigenvalue weighted by atomic mass is 10.0. The van der Waals surface area contributed by atoms with E-state index < -0.39 is 13.7 Å². The Bertz CT molecular complexity index is 466. The molecule has 100 valence electrons. The molecule has 0 bridgehead atoms. The first kappa shape index (κ1) is 14.9. The van der Waals surface area contributed by atoms with Gasteiger partial charge < -0.3 is 19.3 Å². The average Bonchev–Trinajstić information content (AvgIpc) is 2.29. The minimum atomic E-state index is -4.52. The Hall–Kier alpha value is -1.16. The third kappa shape index (κ3) is 3.42. The summed E-state index contributed by atoms with van der Waals surface area (Å²) in [6, 6.07) is 0. The summed E-state index contributed by atoms with van der Waals surface area (Å²) in [6.07, 6.45) is 1.51. The van der Waals surface area contributed by atoms with Gasteiger partial charge in [-0.25, -0.2) is 4.79 Å². The zero-order valence-corrected chi connectivity index (χ0v) is 11.0. The van der Waals surface area contributed by atoms with Gasteiger partial charge in [0.25, 0.3) is 0 Å². The van der Waals surface area contributed by atoms with E-state index >= 15 is 0 Å². The molecule has 0 amide bonds. The van der Waals surface area contributed by atoms with Crippen molar-refractivity contribution in [1.29, 1.82) is 0 Å². The molecule has 2 N–H and O–H groups in total. The minimum absolute atomic E-state index is 0.0149. The van der Waals surface area contributed by atoms with Crippen molar-refractivity contribution < 1.29 is 28.6 Å². The number of rotatable bonds is 5. The number of ether oxygens (including phenoxy) is 2. The molecule has 1 atom stereocenters. The van der Waals surface area contributed by atoms with Crippen LogP contribution in [-0.2, 0) is 18.8 Å². The van der Waals surface area contributed by atoms with E-state index in [4.69, 9.17) is 9.47 Å². The molecule has 0 saturated carbocycles. The van der Waals surface area contributed by atoms with Gasteiger partial charge in [0, 0.05) is 6.61 Å². The highest BCUT2D eigenvalue weighted by molar-refractivity contribution is 7.56. The third-order valence-electron chi connectivity index (χ3n) is 2.24. The zero-order valence-electron chi connectivity index (χ0n) is 10.1. The largest absolute Gasteiger partial charge is 0.494 e. The van der Waals surface area contributed by atoms with Crippen molar-refractivity contribution in [3.63, 3.8) is 0 Å². The van der Waals surface area contributed by atoms with Gasteiger partial charge in [-0.15, -0.1) is 0 Å². The molecule has 0 heterocycles. The second-order valence-electron chi connectivity index (χ2n) is 3.49. The van der Waals surface area contributed by atoms with Gasteiger partial charge in [-0.3, -0.25) is 4.57 Å². The summed E-state index contributed by atoms with van der Waals surface area (Å²) in [5.41, 5.74) is 0.0149. The van der Waals surface area contributed by atoms with Crippen molar-refractivity contribution in [2.24, 2.45) is 0 Å². The van der Waals surface area contributed by atoms with Crippen molar-refractivity contribution in [3.8, 4) is 0 Å². The molecule has 7 heteroatoms. The van der Waals surface area contributed by atoms with E-state index in [0.29, 0.717) is 6.61 Å². The zero-order chi connectivity index (χ0) is 13.8. The molecular formula is C11H15O6P. The number of allylic oxidation sites excluding steroid dienone is 1. The van der Waals surface area contributed by atoms with Crippen LogP contribution in [0.1, 0.15) is 13.8 Å². The fourth-order valence-electron chi connectivity index (χ4n) is 1.56. The fourth-order valence-corrected chi connectivity index (χ4v) is 2.38. The first-order chi connectivity index (χ1) is 8.43. The maximum atomic E-state index is 11.4. The highest BCUT2D eigenvalue weighted by Gasteiger charge is 2.35. The molecule has 0 aromatic rings. The highest BCUT2D eigenvalue weighted by Crippen LogP contribution is 2.50. The Morgan fingerprint density at radius 1 is 1.33 bits per heavy atom. The topological polar surface area (TPSA) is 93.1 Å². The molecule has 0 radical (unpaired) electrons. The highest BCUT2D eigenvalue weighted by atomic mass is 31.2. The molecule has 0 aromatic heterocycles. The van der Waals surface area contributed by atoms with Crippen LogP contribution in [-0.4, -0.2) is 35.0 Å². The molecule has 18 heavy (non-hydrogen) atoms. The first-order valence-electron chi connectivity index (χ1n) is 5.42. The van der Waals surface area contributed by atoms with Crippen LogP contribution in [0.3, 0.4) is 0 Å². The molecule has 1 unspecified atom stereocenters.